The van der Waals surface area contributed by atoms with Crippen LogP contribution in [-0.4, -0.2) is 28.3 Å². The summed E-state index contributed by atoms with van der Waals surface area (Å²) in [4.78, 5) is 26.1. The Labute approximate surface area is 218 Å². The summed E-state index contributed by atoms with van der Waals surface area (Å²) in [7, 11) is 1.57. The zero-order chi connectivity index (χ0) is 23.4. The first kappa shape index (κ1) is 23.7. The summed E-state index contributed by atoms with van der Waals surface area (Å²) in [5, 5.41) is 2.90. The van der Waals surface area contributed by atoms with Gasteiger partial charge in [0, 0.05) is 0 Å². The van der Waals surface area contributed by atoms with Crippen molar-refractivity contribution in [3.63, 3.8) is 0 Å². The van der Waals surface area contributed by atoms with Gasteiger partial charge in [-0.25, -0.2) is 0 Å². The van der Waals surface area contributed by atoms with Gasteiger partial charge in [0.05, 0.1) is 20.5 Å². The Morgan fingerprint density at radius 3 is 2.70 bits per heavy atom. The van der Waals surface area contributed by atoms with Gasteiger partial charge in [-0.1, -0.05) is 48.2 Å². The normalized spacial score (nSPS) is 14.6. The van der Waals surface area contributed by atoms with Crippen molar-refractivity contribution >= 4 is 80.1 Å². The summed E-state index contributed by atoms with van der Waals surface area (Å²) in [5.41, 5.74) is 4.38. The molecule has 2 heterocycles. The first-order chi connectivity index (χ1) is 16.0. The molecular weight excluding hydrogens is 591 g/mol. The van der Waals surface area contributed by atoms with Gasteiger partial charge in [0.1, 0.15) is 6.61 Å². The van der Waals surface area contributed by atoms with Gasteiger partial charge in [-0.15, -0.1) is 11.3 Å². The van der Waals surface area contributed by atoms with Crippen LogP contribution in [0.2, 0.25) is 0 Å². The quantitative estimate of drug-likeness (QED) is 0.218. The molecule has 0 aliphatic carbocycles. The fraction of sp³-hybridized carbons (Fsp3) is 0.0870. The molecule has 4 rings (SSSR count). The predicted octanol–water partition coefficient (Wildman–Crippen LogP) is 5.49. The molecule has 0 saturated carbocycles. The third kappa shape index (κ3) is 5.57. The number of hydrogen-bond acceptors (Lipinski definition) is 7. The molecule has 10 heteroatoms. The summed E-state index contributed by atoms with van der Waals surface area (Å²) < 4.78 is 12.7. The van der Waals surface area contributed by atoms with E-state index in [4.69, 9.17) is 21.7 Å². The van der Waals surface area contributed by atoms with E-state index in [1.165, 1.54) is 11.3 Å². The van der Waals surface area contributed by atoms with E-state index in [0.717, 1.165) is 31.5 Å². The number of ether oxygens (including phenoxy) is 2. The Hall–Kier alpha value is -2.41. The lowest BCUT2D eigenvalue weighted by molar-refractivity contribution is -0.123. The maximum absolute atomic E-state index is 12.9. The molecule has 6 nitrogen and oxygen atoms in total. The molecule has 3 aromatic rings. The Kier molecular flexibility index (Phi) is 7.68. The highest BCUT2D eigenvalue weighted by atomic mass is 127. The largest absolute Gasteiger partial charge is 0.493 e. The lowest BCUT2D eigenvalue weighted by atomic mass is 10.2. The number of hydrazine groups is 1. The van der Waals surface area contributed by atoms with Gasteiger partial charge in [-0.05, 0) is 75.6 Å². The van der Waals surface area contributed by atoms with Crippen molar-refractivity contribution in [2.45, 2.75) is 6.61 Å². The van der Waals surface area contributed by atoms with Gasteiger partial charge in [0.25, 0.3) is 11.8 Å². The van der Waals surface area contributed by atoms with Crippen LogP contribution in [0, 0.1) is 3.57 Å². The molecule has 0 spiro atoms. The number of hydrogen-bond donors (Lipinski definition) is 1. The van der Waals surface area contributed by atoms with Crippen LogP contribution in [0.5, 0.6) is 11.5 Å². The molecule has 168 valence electrons. The number of rotatable bonds is 7. The molecule has 2 aromatic carbocycles. The highest BCUT2D eigenvalue weighted by Gasteiger charge is 2.34. The van der Waals surface area contributed by atoms with Crippen molar-refractivity contribution in [3.8, 4) is 11.5 Å². The lowest BCUT2D eigenvalue weighted by Gasteiger charge is -2.15. The number of thioether (sulfide) groups is 1. The average molecular weight is 609 g/mol. The molecule has 33 heavy (non-hydrogen) atoms. The van der Waals surface area contributed by atoms with Gasteiger partial charge in [0.15, 0.2) is 15.8 Å². The second-order valence-electron chi connectivity index (χ2n) is 6.74. The maximum atomic E-state index is 12.9. The molecule has 1 fully saturated rings. The fourth-order valence-electron chi connectivity index (χ4n) is 2.97. The minimum Gasteiger partial charge on any atom is -0.493 e. The number of carbonyl (C=O) groups excluding carboxylic acids is 2. The summed E-state index contributed by atoms with van der Waals surface area (Å²) in [6, 6.07) is 17.0. The van der Waals surface area contributed by atoms with Crippen molar-refractivity contribution in [2.24, 2.45) is 0 Å². The van der Waals surface area contributed by atoms with Crippen LogP contribution in [0.1, 0.15) is 20.8 Å². The van der Waals surface area contributed by atoms with Crippen LogP contribution in [0.25, 0.3) is 6.08 Å². The van der Waals surface area contributed by atoms with E-state index in [-0.39, 0.29) is 16.1 Å². The molecule has 2 amide bonds. The van der Waals surface area contributed by atoms with Crippen LogP contribution in [0.4, 0.5) is 0 Å². The summed E-state index contributed by atoms with van der Waals surface area (Å²) >= 11 is 9.90. The van der Waals surface area contributed by atoms with E-state index in [1.807, 2.05) is 36.4 Å². The van der Waals surface area contributed by atoms with Gasteiger partial charge >= 0.3 is 0 Å². The van der Waals surface area contributed by atoms with E-state index in [2.05, 4.69) is 28.0 Å². The predicted molar refractivity (Wildman–Crippen MR) is 143 cm³/mol. The van der Waals surface area contributed by atoms with E-state index in [9.17, 15) is 9.59 Å². The highest BCUT2D eigenvalue weighted by molar-refractivity contribution is 14.1. The summed E-state index contributed by atoms with van der Waals surface area (Å²) in [6.45, 7) is 0.412. The molecule has 0 bridgehead atoms. The number of thiophene rings is 1. The molecule has 1 aromatic heterocycles. The van der Waals surface area contributed by atoms with Gasteiger partial charge < -0.3 is 9.47 Å². The minimum absolute atomic E-state index is 0.264. The monoisotopic (exact) mass is 608 g/mol. The van der Waals surface area contributed by atoms with Crippen LogP contribution in [0.3, 0.4) is 0 Å². The lowest BCUT2D eigenvalue weighted by Crippen LogP contribution is -2.44. The standard InChI is InChI=1S/C23H17IN2O4S3/c1-29-17-11-15(10-16(24)20(17)30-13-14-6-3-2-4-7-14)12-19-22(28)26(23(31)33-19)25-21(27)18-8-5-9-32-18/h2-12H,13H2,1H3,(H,25,27)/b19-12+. The number of thiocarbonyl (C=S) groups is 1. The third-order valence-corrected chi connectivity index (χ3v) is 7.50. The second-order valence-corrected chi connectivity index (χ2v) is 10.5. The topological polar surface area (TPSA) is 67.9 Å². The number of benzene rings is 2. The summed E-state index contributed by atoms with van der Waals surface area (Å²) in [6.07, 6.45) is 1.72. The molecule has 0 unspecified atom stereocenters. The van der Waals surface area contributed by atoms with Crippen molar-refractivity contribution in [1.82, 2.24) is 10.4 Å². The Morgan fingerprint density at radius 2 is 2.00 bits per heavy atom. The summed E-state index contributed by atoms with van der Waals surface area (Å²) in [5.74, 6) is 0.437. The minimum atomic E-state index is -0.381. The average Bonchev–Trinajstić information content (AvgIpc) is 3.44. The van der Waals surface area contributed by atoms with Crippen LogP contribution >= 0.6 is 57.9 Å². The molecule has 0 atom stereocenters. The van der Waals surface area contributed by atoms with Gasteiger partial charge in [-0.2, -0.15) is 5.01 Å². The number of carbonyl (C=O) groups is 2. The van der Waals surface area contributed by atoms with Crippen LogP contribution < -0.4 is 14.9 Å². The van der Waals surface area contributed by atoms with Gasteiger partial charge in [0.2, 0.25) is 0 Å². The number of nitrogens with zero attached hydrogens (tertiary/aromatic N) is 1. The number of amides is 2. The molecule has 1 N–H and O–H groups in total. The fourth-order valence-corrected chi connectivity index (χ4v) is 5.55. The van der Waals surface area contributed by atoms with E-state index >= 15 is 0 Å². The van der Waals surface area contributed by atoms with Crippen LogP contribution in [-0.2, 0) is 11.4 Å². The first-order valence-corrected chi connectivity index (χ1v) is 12.8. The number of halogens is 1. The third-order valence-electron chi connectivity index (χ3n) is 4.53. The molecule has 1 aliphatic rings. The highest BCUT2D eigenvalue weighted by Crippen LogP contribution is 2.37. The van der Waals surface area contributed by atoms with E-state index in [1.54, 1.807) is 36.8 Å². The van der Waals surface area contributed by atoms with E-state index in [0.29, 0.717) is 27.9 Å². The Bertz CT molecular complexity index is 1230. The maximum Gasteiger partial charge on any atom is 0.285 e. The molecule has 1 aliphatic heterocycles. The van der Waals surface area contributed by atoms with Crippen molar-refractivity contribution < 1.29 is 19.1 Å². The van der Waals surface area contributed by atoms with E-state index < -0.39 is 0 Å². The SMILES string of the molecule is COc1cc(/C=C2/SC(=S)N(NC(=O)c3cccs3)C2=O)cc(I)c1OCc1ccccc1. The second kappa shape index (κ2) is 10.7. The van der Waals surface area contributed by atoms with Gasteiger partial charge in [-0.3, -0.25) is 15.0 Å². The molecular formula is C23H17IN2O4S3. The Morgan fingerprint density at radius 1 is 1.21 bits per heavy atom. The first-order valence-electron chi connectivity index (χ1n) is 9.63. The number of nitrogens with one attached hydrogen (secondary N) is 1. The zero-order valence-corrected chi connectivity index (χ0v) is 21.8. The smallest absolute Gasteiger partial charge is 0.285 e. The molecule has 0 radical (unpaired) electrons. The van der Waals surface area contributed by atoms with Crippen LogP contribution in [0.15, 0.2) is 64.9 Å². The number of methoxy groups -OCH3 is 1. The van der Waals surface area contributed by atoms with Crippen molar-refractivity contribution in [2.75, 3.05) is 7.11 Å². The van der Waals surface area contributed by atoms with Crippen molar-refractivity contribution in [1.29, 1.82) is 0 Å². The Balaban J connectivity index is 1.52. The molecule has 1 saturated heterocycles. The zero-order valence-electron chi connectivity index (χ0n) is 17.2. The van der Waals surface area contributed by atoms with Crippen molar-refractivity contribution in [3.05, 3.63) is 84.5 Å².